The maximum absolute atomic E-state index is 13.8. The van der Waals surface area contributed by atoms with Crippen LogP contribution >= 0.6 is 0 Å². The number of hydrogen-bond donors (Lipinski definition) is 2. The topological polar surface area (TPSA) is 126 Å². The quantitative estimate of drug-likeness (QED) is 0.135. The molecule has 0 aliphatic rings. The average Bonchev–Trinajstić information content (AvgIpc) is 3.11. The third-order valence-corrected chi connectivity index (χ3v) is 6.51. The van der Waals surface area contributed by atoms with Crippen LogP contribution in [0.15, 0.2) is 62.6 Å². The maximum Gasteiger partial charge on any atom is 0.355 e. The molecule has 3 aromatic rings. The molecule has 0 aliphatic heterocycles. The predicted molar refractivity (Wildman–Crippen MR) is 209 cm³/mol. The molecule has 0 spiro atoms. The number of allylic oxidation sites excluding steroid dienone is 1. The Labute approximate surface area is 295 Å². The molecule has 0 aliphatic carbocycles. The number of nitrogens with one attached hydrogen (secondary N) is 1. The first kappa shape index (κ1) is 46.5. The number of aliphatic imine (C=N–C) groups is 1. The van der Waals surface area contributed by atoms with Crippen LogP contribution in [0.2, 0.25) is 0 Å². The molecule has 0 radical (unpaired) electrons. The Morgan fingerprint density at radius 2 is 1.33 bits per heavy atom. The van der Waals surface area contributed by atoms with Gasteiger partial charge in [0, 0.05) is 12.3 Å². The molecule has 1 aromatic heterocycles. The monoisotopic (exact) mass is 678 g/mol. The Balaban J connectivity index is 0. The van der Waals surface area contributed by atoms with Crippen molar-refractivity contribution in [3.05, 3.63) is 91.3 Å². The lowest BCUT2D eigenvalue weighted by Gasteiger charge is -2.17. The number of nitrogens with two attached hydrogens (primary N) is 1. The summed E-state index contributed by atoms with van der Waals surface area (Å²) in [7, 11) is 0. The first-order valence-electron chi connectivity index (χ1n) is 17.3. The van der Waals surface area contributed by atoms with E-state index in [2.05, 4.69) is 28.1 Å². The third kappa shape index (κ3) is 15.9. The van der Waals surface area contributed by atoms with Crippen molar-refractivity contribution in [1.29, 1.82) is 0 Å². The van der Waals surface area contributed by atoms with E-state index in [-0.39, 0.29) is 25.7 Å². The van der Waals surface area contributed by atoms with E-state index in [9.17, 15) is 9.59 Å². The van der Waals surface area contributed by atoms with Crippen molar-refractivity contribution in [3.8, 4) is 24.3 Å². The number of terminal acetylenes is 1. The van der Waals surface area contributed by atoms with Crippen LogP contribution in [0.25, 0.3) is 0 Å². The van der Waals surface area contributed by atoms with E-state index in [1.807, 2.05) is 126 Å². The molecular weight excluding hydrogens is 616 g/mol. The summed E-state index contributed by atoms with van der Waals surface area (Å²) in [4.78, 5) is 35.4. The van der Waals surface area contributed by atoms with Crippen molar-refractivity contribution in [3.63, 3.8) is 0 Å². The summed E-state index contributed by atoms with van der Waals surface area (Å²) in [5, 5.41) is 3.21. The van der Waals surface area contributed by atoms with Crippen molar-refractivity contribution in [2.45, 2.75) is 103 Å². The molecule has 0 atom stereocenters. The van der Waals surface area contributed by atoms with Gasteiger partial charge < -0.3 is 20.5 Å². The van der Waals surface area contributed by atoms with Gasteiger partial charge >= 0.3 is 11.4 Å². The van der Waals surface area contributed by atoms with Crippen LogP contribution in [-0.2, 0) is 13.1 Å². The number of aryl methyl sites for hydroxylation is 2. The minimum absolute atomic E-state index is 0.0993. The number of aromatic nitrogens is 3. The van der Waals surface area contributed by atoms with Crippen molar-refractivity contribution >= 4 is 11.7 Å². The van der Waals surface area contributed by atoms with Gasteiger partial charge in [-0.1, -0.05) is 71.4 Å². The van der Waals surface area contributed by atoms with Crippen molar-refractivity contribution < 1.29 is 9.47 Å². The van der Waals surface area contributed by atoms with Crippen LogP contribution in [-0.4, -0.2) is 46.3 Å². The van der Waals surface area contributed by atoms with Crippen molar-refractivity contribution in [2.75, 3.05) is 31.7 Å². The fourth-order valence-corrected chi connectivity index (χ4v) is 4.55. The summed E-state index contributed by atoms with van der Waals surface area (Å²) in [5.41, 5.74) is 9.98. The highest BCUT2D eigenvalue weighted by atomic mass is 16.5. The highest BCUT2D eigenvalue weighted by Crippen LogP contribution is 2.21. The zero-order valence-corrected chi connectivity index (χ0v) is 32.1. The second-order valence-electron chi connectivity index (χ2n) is 9.89. The van der Waals surface area contributed by atoms with Crippen LogP contribution in [0, 0.1) is 26.7 Å². The number of anilines is 1. The molecule has 10 nitrogen and oxygen atoms in total. The highest BCUT2D eigenvalue weighted by molar-refractivity contribution is 5.93. The van der Waals surface area contributed by atoms with Crippen LogP contribution in [0.3, 0.4) is 0 Å². The van der Waals surface area contributed by atoms with Gasteiger partial charge in [-0.05, 0) is 88.4 Å². The van der Waals surface area contributed by atoms with Gasteiger partial charge in [-0.2, -0.15) is 4.98 Å². The summed E-state index contributed by atoms with van der Waals surface area (Å²) in [5.74, 6) is 1.80. The Kier molecular flexibility index (Phi) is 25.9. The van der Waals surface area contributed by atoms with Crippen LogP contribution in [0.4, 0.5) is 5.95 Å². The molecule has 0 fully saturated rings. The molecule has 0 saturated carbocycles. The minimum Gasteiger partial charge on any atom is -0.494 e. The lowest BCUT2D eigenvalue weighted by molar-refractivity contribution is 0.337. The Morgan fingerprint density at radius 3 is 1.76 bits per heavy atom. The van der Waals surface area contributed by atoms with Crippen LogP contribution in [0.5, 0.6) is 11.5 Å². The largest absolute Gasteiger partial charge is 0.494 e. The molecule has 0 unspecified atom stereocenters. The zero-order valence-electron chi connectivity index (χ0n) is 32.1. The highest BCUT2D eigenvalue weighted by Gasteiger charge is 2.15. The van der Waals surface area contributed by atoms with Crippen molar-refractivity contribution in [1.82, 2.24) is 14.1 Å². The molecule has 3 N–H and O–H groups in total. The first-order chi connectivity index (χ1) is 23.7. The van der Waals surface area contributed by atoms with E-state index in [4.69, 9.17) is 15.2 Å². The lowest BCUT2D eigenvalue weighted by atomic mass is 10.1. The molecule has 0 bridgehead atoms. The van der Waals surface area contributed by atoms with E-state index in [0.717, 1.165) is 45.0 Å². The molecule has 0 saturated heterocycles. The first-order valence-corrected chi connectivity index (χ1v) is 17.3. The van der Waals surface area contributed by atoms with Gasteiger partial charge in [0.2, 0.25) is 5.95 Å². The normalized spacial score (nSPS) is 10.4. The van der Waals surface area contributed by atoms with Gasteiger partial charge in [-0.25, -0.2) is 14.2 Å². The van der Waals surface area contributed by atoms with E-state index in [1.165, 1.54) is 9.13 Å². The molecule has 2 aromatic carbocycles. The lowest BCUT2D eigenvalue weighted by Crippen LogP contribution is -2.43. The fourth-order valence-electron chi connectivity index (χ4n) is 4.55. The molecule has 1 heterocycles. The number of nitrogens with zero attached hydrogens (tertiary/aromatic N) is 4. The average molecular weight is 679 g/mol. The van der Waals surface area contributed by atoms with Gasteiger partial charge in [-0.3, -0.25) is 9.56 Å². The van der Waals surface area contributed by atoms with Gasteiger partial charge in [0.1, 0.15) is 11.5 Å². The van der Waals surface area contributed by atoms with Crippen LogP contribution in [0.1, 0.15) is 97.9 Å². The maximum atomic E-state index is 13.8. The summed E-state index contributed by atoms with van der Waals surface area (Å²) in [6.07, 6.45) is 10.6. The summed E-state index contributed by atoms with van der Waals surface area (Å²) in [6, 6.07) is 11.5. The van der Waals surface area contributed by atoms with E-state index < -0.39 is 11.4 Å². The number of hydrogen-bond acceptors (Lipinski definition) is 8. The Hall–Kier alpha value is -4.62. The minimum atomic E-state index is -0.610. The zero-order chi connectivity index (χ0) is 37.9. The second kappa shape index (κ2) is 27.3. The molecular formula is C39H62N6O4. The Bertz CT molecular complexity index is 1570. The molecule has 0 amide bonds. The van der Waals surface area contributed by atoms with E-state index in [0.29, 0.717) is 26.2 Å². The molecule has 10 heteroatoms. The standard InChI is InChI=1S/C31H42N6O4.3C2H6.C2H2/c1-7-40-27-11-9-25(16-22(27)4)18-36-29(33-14-13-21(3)15-24(6)34-20-32)35-30(38)37(31(36)39)19-26-10-12-28(41-8-2)23(5)17-26;4*1-2/h9-12,15-17H,7-8,13-14,18-20,32H2,1-6H3,(H,33,35,38);3*1-2H3;1-2H/b21-15-,34-24-;;;;. The summed E-state index contributed by atoms with van der Waals surface area (Å²) >= 11 is 0. The molecule has 272 valence electrons. The van der Waals surface area contributed by atoms with Gasteiger partial charge in [0.25, 0.3) is 0 Å². The summed E-state index contributed by atoms with van der Waals surface area (Å²) in [6.45, 7) is 25.9. The van der Waals surface area contributed by atoms with Gasteiger partial charge in [0.05, 0.1) is 33.0 Å². The molecule has 49 heavy (non-hydrogen) atoms. The smallest absolute Gasteiger partial charge is 0.355 e. The number of benzene rings is 2. The summed E-state index contributed by atoms with van der Waals surface area (Å²) < 4.78 is 14.0. The molecule has 3 rings (SSSR count). The fraction of sp³-hybridized carbons (Fsp3) is 0.487. The second-order valence-corrected chi connectivity index (χ2v) is 9.89. The van der Waals surface area contributed by atoms with Crippen molar-refractivity contribution in [2.24, 2.45) is 10.7 Å². The van der Waals surface area contributed by atoms with E-state index >= 15 is 0 Å². The SMILES string of the molecule is C#C.CC.CC.CC.CCOc1ccc(Cn2c(NCC/C(C)=C\C(C)=N/CN)nc(=O)n(Cc3ccc(OCC)c(C)c3)c2=O)cc1C. The van der Waals surface area contributed by atoms with E-state index in [1.54, 1.807) is 0 Å². The van der Waals surface area contributed by atoms with Crippen LogP contribution < -0.4 is 31.9 Å². The van der Waals surface area contributed by atoms with Gasteiger partial charge in [-0.15, -0.1) is 12.8 Å². The van der Waals surface area contributed by atoms with Gasteiger partial charge in [0.15, 0.2) is 0 Å². The number of rotatable bonds is 14. The number of ether oxygens (including phenoxy) is 2. The predicted octanol–water partition coefficient (Wildman–Crippen LogP) is 7.37. The Morgan fingerprint density at radius 1 is 0.857 bits per heavy atom. The third-order valence-electron chi connectivity index (χ3n) is 6.51.